The third-order valence-electron chi connectivity index (χ3n) is 3.86. The van der Waals surface area contributed by atoms with E-state index in [1.54, 1.807) is 17.8 Å². The zero-order chi connectivity index (χ0) is 16.6. The number of nitrogens with one attached hydrogen (secondary N) is 1. The van der Waals surface area contributed by atoms with E-state index >= 15 is 0 Å². The van der Waals surface area contributed by atoms with Gasteiger partial charge in [0.2, 0.25) is 0 Å². The Balaban J connectivity index is 2.08. The average molecular weight is 325 g/mol. The number of amides is 1. The average Bonchev–Trinajstić information content (AvgIpc) is 2.82. The first kappa shape index (κ1) is 15.7. The number of hydrogen-bond donors (Lipinski definition) is 2. The Labute approximate surface area is 140 Å². The number of carbonyl (C=O) groups excluding carboxylic acids is 1. The van der Waals surface area contributed by atoms with Crippen LogP contribution in [0.15, 0.2) is 46.9 Å². The Morgan fingerprint density at radius 2 is 1.83 bits per heavy atom. The van der Waals surface area contributed by atoms with Crippen LogP contribution in [0, 0.1) is 0 Å². The number of carbonyl (C=O) groups is 1. The number of aromatic hydroxyl groups is 1. The predicted octanol–water partition coefficient (Wildman–Crippen LogP) is 4.92. The van der Waals surface area contributed by atoms with Crippen molar-refractivity contribution in [3.8, 4) is 16.9 Å². The molecule has 1 heterocycles. The fourth-order valence-corrected chi connectivity index (χ4v) is 3.49. The summed E-state index contributed by atoms with van der Waals surface area (Å²) in [6.07, 6.45) is 0. The maximum absolute atomic E-state index is 12.1. The van der Waals surface area contributed by atoms with E-state index in [4.69, 9.17) is 0 Å². The number of phenols is 1. The van der Waals surface area contributed by atoms with Crippen molar-refractivity contribution in [3.05, 3.63) is 47.5 Å². The van der Waals surface area contributed by atoms with E-state index in [1.165, 1.54) is 4.90 Å². The van der Waals surface area contributed by atoms with Gasteiger partial charge in [0, 0.05) is 27.7 Å². The third-order valence-corrected chi connectivity index (χ3v) is 4.75. The molecule has 118 valence electrons. The molecule has 0 saturated carbocycles. The molecule has 4 heteroatoms. The van der Waals surface area contributed by atoms with Crippen molar-refractivity contribution < 1.29 is 9.90 Å². The van der Waals surface area contributed by atoms with Gasteiger partial charge in [-0.05, 0) is 43.4 Å². The van der Waals surface area contributed by atoms with Gasteiger partial charge >= 0.3 is 0 Å². The molecule has 0 bridgehead atoms. The van der Waals surface area contributed by atoms with Gasteiger partial charge < -0.3 is 10.4 Å². The van der Waals surface area contributed by atoms with Gasteiger partial charge in [0.15, 0.2) is 0 Å². The molecule has 0 saturated heterocycles. The van der Waals surface area contributed by atoms with Crippen LogP contribution in [0.1, 0.15) is 26.3 Å². The zero-order valence-electron chi connectivity index (χ0n) is 13.4. The van der Waals surface area contributed by atoms with Gasteiger partial charge in [0.05, 0.1) is 5.69 Å². The summed E-state index contributed by atoms with van der Waals surface area (Å²) < 4.78 is 0. The Hall–Kier alpha value is -2.20. The number of anilines is 1. The lowest BCUT2D eigenvalue weighted by Crippen LogP contribution is -2.04. The van der Waals surface area contributed by atoms with Gasteiger partial charge in [-0.15, -0.1) is 11.8 Å². The van der Waals surface area contributed by atoms with Crippen LogP contribution in [0.2, 0.25) is 0 Å². The number of phenolic OH excluding ortho intramolecular Hbond substituents is 1. The van der Waals surface area contributed by atoms with E-state index in [2.05, 4.69) is 24.4 Å². The first-order chi connectivity index (χ1) is 11.0. The smallest absolute Gasteiger partial charge is 0.256 e. The molecule has 2 aromatic rings. The number of rotatable bonds is 3. The second kappa shape index (κ2) is 6.13. The minimum atomic E-state index is -0.105. The molecule has 1 aliphatic heterocycles. The predicted molar refractivity (Wildman–Crippen MR) is 96.8 cm³/mol. The maximum Gasteiger partial charge on any atom is 0.256 e. The second-order valence-corrected chi connectivity index (χ2v) is 7.04. The molecular formula is C19H19NO2S. The number of fused-ring (bicyclic) bond motifs is 1. The van der Waals surface area contributed by atoms with E-state index in [0.29, 0.717) is 11.3 Å². The Morgan fingerprint density at radius 1 is 1.13 bits per heavy atom. The quantitative estimate of drug-likeness (QED) is 0.622. The largest absolute Gasteiger partial charge is 0.507 e. The minimum absolute atomic E-state index is 0.105. The standard InChI is InChI=1S/C19H19NO2S/c1-4-23-13-7-5-12(6-8-13)14-9-15-16(10-17(14)21)20-19(22)18(15)11(2)3/h5-10,21H,4H2,1-3H3,(H,20,22). The molecule has 0 radical (unpaired) electrons. The molecule has 0 unspecified atom stereocenters. The van der Waals surface area contributed by atoms with Crippen LogP contribution < -0.4 is 5.32 Å². The van der Waals surface area contributed by atoms with E-state index in [-0.39, 0.29) is 11.7 Å². The monoisotopic (exact) mass is 325 g/mol. The highest BCUT2D eigenvalue weighted by atomic mass is 32.2. The minimum Gasteiger partial charge on any atom is -0.507 e. The first-order valence-electron chi connectivity index (χ1n) is 7.60. The van der Waals surface area contributed by atoms with Gasteiger partial charge in [-0.1, -0.05) is 24.6 Å². The first-order valence-corrected chi connectivity index (χ1v) is 8.59. The lowest BCUT2D eigenvalue weighted by Gasteiger charge is -2.09. The van der Waals surface area contributed by atoms with Crippen molar-refractivity contribution in [2.75, 3.05) is 11.1 Å². The van der Waals surface area contributed by atoms with Crippen molar-refractivity contribution in [1.82, 2.24) is 0 Å². The molecule has 0 aromatic heterocycles. The van der Waals surface area contributed by atoms with E-state index in [0.717, 1.165) is 28.0 Å². The van der Waals surface area contributed by atoms with Crippen molar-refractivity contribution in [2.24, 2.45) is 0 Å². The summed E-state index contributed by atoms with van der Waals surface area (Å²) >= 11 is 1.78. The van der Waals surface area contributed by atoms with Crippen LogP contribution >= 0.6 is 11.8 Å². The highest BCUT2D eigenvalue weighted by molar-refractivity contribution is 7.99. The normalized spacial score (nSPS) is 13.0. The number of allylic oxidation sites excluding steroid dienone is 1. The molecule has 1 amide bonds. The molecule has 23 heavy (non-hydrogen) atoms. The van der Waals surface area contributed by atoms with Crippen LogP contribution in [-0.4, -0.2) is 16.8 Å². The third kappa shape index (κ3) is 2.86. The van der Waals surface area contributed by atoms with E-state index < -0.39 is 0 Å². The second-order valence-electron chi connectivity index (χ2n) is 5.70. The fraction of sp³-hybridized carbons (Fsp3) is 0.211. The van der Waals surface area contributed by atoms with Crippen molar-refractivity contribution in [3.63, 3.8) is 0 Å². The summed E-state index contributed by atoms with van der Waals surface area (Å²) in [4.78, 5) is 13.3. The van der Waals surface area contributed by atoms with Crippen LogP contribution in [0.5, 0.6) is 5.75 Å². The van der Waals surface area contributed by atoms with Gasteiger partial charge in [-0.2, -0.15) is 0 Å². The Bertz CT molecular complexity index is 803. The van der Waals surface area contributed by atoms with Crippen LogP contribution in [-0.2, 0) is 4.79 Å². The van der Waals surface area contributed by atoms with Crippen LogP contribution in [0.25, 0.3) is 16.7 Å². The molecular weight excluding hydrogens is 306 g/mol. The van der Waals surface area contributed by atoms with E-state index in [9.17, 15) is 9.90 Å². The molecule has 3 nitrogen and oxygen atoms in total. The molecule has 0 atom stereocenters. The van der Waals surface area contributed by atoms with Crippen LogP contribution in [0.3, 0.4) is 0 Å². The lowest BCUT2D eigenvalue weighted by atomic mass is 9.96. The molecule has 0 spiro atoms. The Morgan fingerprint density at radius 3 is 2.43 bits per heavy atom. The molecule has 2 N–H and O–H groups in total. The molecule has 0 aliphatic carbocycles. The lowest BCUT2D eigenvalue weighted by molar-refractivity contribution is -0.110. The number of hydrogen-bond acceptors (Lipinski definition) is 3. The van der Waals surface area contributed by atoms with Gasteiger partial charge in [-0.3, -0.25) is 4.79 Å². The molecule has 0 fully saturated rings. The van der Waals surface area contributed by atoms with Gasteiger partial charge in [-0.25, -0.2) is 0 Å². The zero-order valence-corrected chi connectivity index (χ0v) is 14.3. The summed E-state index contributed by atoms with van der Waals surface area (Å²) in [5.74, 6) is 1.10. The van der Waals surface area contributed by atoms with Gasteiger partial charge in [0.1, 0.15) is 5.75 Å². The van der Waals surface area contributed by atoms with Gasteiger partial charge in [0.25, 0.3) is 5.91 Å². The highest BCUT2D eigenvalue weighted by Crippen LogP contribution is 2.41. The summed E-state index contributed by atoms with van der Waals surface area (Å²) in [5.41, 5.74) is 4.87. The number of thioether (sulfide) groups is 1. The molecule has 1 aliphatic rings. The summed E-state index contributed by atoms with van der Waals surface area (Å²) in [6, 6.07) is 11.7. The van der Waals surface area contributed by atoms with Crippen molar-refractivity contribution in [2.45, 2.75) is 25.7 Å². The van der Waals surface area contributed by atoms with Crippen LogP contribution in [0.4, 0.5) is 5.69 Å². The summed E-state index contributed by atoms with van der Waals surface area (Å²) in [5, 5.41) is 13.2. The molecule has 2 aromatic carbocycles. The molecule has 3 rings (SSSR count). The fourth-order valence-electron chi connectivity index (χ4n) is 2.83. The van der Waals surface area contributed by atoms with Crippen molar-refractivity contribution >= 4 is 28.9 Å². The van der Waals surface area contributed by atoms with Crippen molar-refractivity contribution in [1.29, 1.82) is 0 Å². The maximum atomic E-state index is 12.1. The Kier molecular flexibility index (Phi) is 4.18. The SMILES string of the molecule is CCSc1ccc(-c2cc3c(cc2O)NC(=O)C3=C(C)C)cc1. The summed E-state index contributed by atoms with van der Waals surface area (Å²) in [6.45, 7) is 5.97. The van der Waals surface area contributed by atoms with E-state index in [1.807, 2.05) is 32.0 Å². The topological polar surface area (TPSA) is 49.3 Å². The highest BCUT2D eigenvalue weighted by Gasteiger charge is 2.26. The number of benzene rings is 2. The summed E-state index contributed by atoms with van der Waals surface area (Å²) in [7, 11) is 0.